The molecule has 0 aliphatic heterocycles. The van der Waals surface area contributed by atoms with Crippen LogP contribution < -0.4 is 5.32 Å². The van der Waals surface area contributed by atoms with Gasteiger partial charge in [0.1, 0.15) is 5.76 Å². The van der Waals surface area contributed by atoms with Crippen LogP contribution in [0.4, 0.5) is 5.69 Å². The number of hydrogen-bond acceptors (Lipinski definition) is 6. The molecule has 0 unspecified atom stereocenters. The Kier molecular flexibility index (Phi) is 9.71. The van der Waals surface area contributed by atoms with E-state index in [-0.39, 0.29) is 23.7 Å². The molecule has 1 aliphatic carbocycles. The molecule has 0 saturated heterocycles. The molecule has 1 aliphatic rings. The number of hydrogen-bond donors (Lipinski definition) is 1. The molecule has 2 aromatic carbocycles. The summed E-state index contributed by atoms with van der Waals surface area (Å²) in [5, 5.41) is 12.7. The molecule has 0 spiro atoms. The highest BCUT2D eigenvalue weighted by molar-refractivity contribution is 6.36. The lowest BCUT2D eigenvalue weighted by atomic mass is 9.89. The summed E-state index contributed by atoms with van der Waals surface area (Å²) >= 11 is 12.4. The van der Waals surface area contributed by atoms with E-state index < -0.39 is 0 Å². The van der Waals surface area contributed by atoms with Gasteiger partial charge < -0.3 is 19.1 Å². The van der Waals surface area contributed by atoms with Crippen molar-refractivity contribution in [3.63, 3.8) is 0 Å². The minimum absolute atomic E-state index is 0.0662. The van der Waals surface area contributed by atoms with Crippen LogP contribution in [-0.4, -0.2) is 22.8 Å². The van der Waals surface area contributed by atoms with Crippen LogP contribution in [0, 0.1) is 5.41 Å². The van der Waals surface area contributed by atoms with Crippen molar-refractivity contribution in [3.05, 3.63) is 87.2 Å². The van der Waals surface area contributed by atoms with E-state index in [2.05, 4.69) is 36.4 Å². The molecular formula is C33H37Cl2N3O4. The number of aromatic nitrogens is 2. The van der Waals surface area contributed by atoms with Gasteiger partial charge in [-0.1, -0.05) is 84.6 Å². The first-order valence-corrected chi connectivity index (χ1v) is 15.2. The van der Waals surface area contributed by atoms with E-state index in [9.17, 15) is 4.79 Å². The van der Waals surface area contributed by atoms with Crippen LogP contribution in [0.5, 0.6) is 0 Å². The number of nitrogens with one attached hydrogen (secondary N) is 1. The fourth-order valence-corrected chi connectivity index (χ4v) is 5.58. The first-order valence-electron chi connectivity index (χ1n) is 14.5. The minimum Gasteiger partial charge on any atom is -0.377 e. The molecule has 0 radical (unpaired) electrons. The Hall–Kier alpha value is -3.13. The van der Waals surface area contributed by atoms with E-state index in [1.54, 1.807) is 18.2 Å². The Balaban J connectivity index is 1.34. The zero-order valence-corrected chi connectivity index (χ0v) is 25.8. The summed E-state index contributed by atoms with van der Waals surface area (Å²) in [6.07, 6.45) is 4.55. The molecule has 7 nitrogen and oxygen atoms in total. The van der Waals surface area contributed by atoms with Gasteiger partial charge in [0.25, 0.3) is 0 Å². The monoisotopic (exact) mass is 609 g/mol. The van der Waals surface area contributed by atoms with E-state index in [4.69, 9.17) is 37.0 Å². The number of nitrogens with zero attached hydrogens (tertiary/aromatic N) is 2. The van der Waals surface area contributed by atoms with Crippen molar-refractivity contribution in [1.82, 2.24) is 10.3 Å². The van der Waals surface area contributed by atoms with Crippen LogP contribution in [0.2, 0.25) is 10.0 Å². The number of carbonyl (C=O) groups is 1. The van der Waals surface area contributed by atoms with E-state index in [0.29, 0.717) is 52.7 Å². The molecule has 2 heterocycles. The lowest BCUT2D eigenvalue weighted by Crippen LogP contribution is -2.17. The Morgan fingerprint density at radius 1 is 1.07 bits per heavy atom. The molecule has 5 rings (SSSR count). The number of ether oxygens (including phenoxy) is 1. The number of amides is 1. The molecule has 0 bridgehead atoms. The van der Waals surface area contributed by atoms with Crippen LogP contribution in [-0.2, 0) is 22.6 Å². The number of halogens is 2. The molecule has 1 atom stereocenters. The number of anilines is 1. The third-order valence-corrected chi connectivity index (χ3v) is 7.76. The molecule has 4 aromatic rings. The van der Waals surface area contributed by atoms with Gasteiger partial charge in [0.15, 0.2) is 11.5 Å². The van der Waals surface area contributed by atoms with E-state index in [1.165, 1.54) is 0 Å². The van der Waals surface area contributed by atoms with Crippen LogP contribution in [0.15, 0.2) is 63.6 Å². The number of rotatable bonds is 13. The molecule has 1 fully saturated rings. The van der Waals surface area contributed by atoms with Gasteiger partial charge in [-0.3, -0.25) is 4.79 Å². The molecule has 1 N–H and O–H groups in total. The zero-order valence-electron chi connectivity index (χ0n) is 24.3. The summed E-state index contributed by atoms with van der Waals surface area (Å²) in [5.41, 5.74) is 4.22. The summed E-state index contributed by atoms with van der Waals surface area (Å²) in [6, 6.07) is 17.1. The fraction of sp³-hybridized carbons (Fsp3) is 0.424. The maximum absolute atomic E-state index is 13.3. The standard InChI is InChI=1S/C33H37Cl2N3O4/c1-33(2,3)19-25-18-28(37-41-25)32-30(22-11-12-22)31(38-42-32)23(10-7-15-40-20-21-8-5-4-6-9-21)16-29(39)36-27-14-13-24(34)17-26(27)35/h4-6,8-9,13-14,17-18,22-23H,7,10-12,15-16,19-20H2,1-3H3,(H,36,39)/t23-/m0/s1. The summed E-state index contributed by atoms with van der Waals surface area (Å²) < 4.78 is 17.6. The third kappa shape index (κ3) is 8.24. The molecular weight excluding hydrogens is 573 g/mol. The summed E-state index contributed by atoms with van der Waals surface area (Å²) in [5.74, 6) is 1.45. The maximum Gasteiger partial charge on any atom is 0.225 e. The van der Waals surface area contributed by atoms with Gasteiger partial charge in [-0.05, 0) is 60.8 Å². The largest absolute Gasteiger partial charge is 0.377 e. The van der Waals surface area contributed by atoms with Crippen molar-refractivity contribution in [2.75, 3.05) is 11.9 Å². The first kappa shape index (κ1) is 30.3. The topological polar surface area (TPSA) is 90.4 Å². The van der Waals surface area contributed by atoms with Crippen LogP contribution in [0.1, 0.15) is 87.3 Å². The molecule has 222 valence electrons. The lowest BCUT2D eigenvalue weighted by Gasteiger charge is -2.17. The predicted molar refractivity (Wildman–Crippen MR) is 165 cm³/mol. The Morgan fingerprint density at radius 2 is 1.86 bits per heavy atom. The number of benzene rings is 2. The molecule has 1 amide bonds. The van der Waals surface area contributed by atoms with Gasteiger partial charge in [0.2, 0.25) is 5.91 Å². The van der Waals surface area contributed by atoms with Gasteiger partial charge in [0.05, 0.1) is 23.0 Å². The van der Waals surface area contributed by atoms with Gasteiger partial charge in [-0.15, -0.1) is 0 Å². The fourth-order valence-electron chi connectivity index (χ4n) is 5.13. The normalized spacial score (nSPS) is 14.2. The highest BCUT2D eigenvalue weighted by Crippen LogP contribution is 2.48. The van der Waals surface area contributed by atoms with Crippen LogP contribution in [0.3, 0.4) is 0 Å². The zero-order chi connectivity index (χ0) is 29.7. The van der Waals surface area contributed by atoms with Crippen molar-refractivity contribution in [3.8, 4) is 11.5 Å². The molecule has 42 heavy (non-hydrogen) atoms. The Bertz CT molecular complexity index is 1490. The van der Waals surface area contributed by atoms with Crippen molar-refractivity contribution < 1.29 is 18.6 Å². The van der Waals surface area contributed by atoms with Crippen molar-refractivity contribution in [2.24, 2.45) is 5.41 Å². The van der Waals surface area contributed by atoms with Crippen LogP contribution >= 0.6 is 23.2 Å². The van der Waals surface area contributed by atoms with E-state index >= 15 is 0 Å². The average molecular weight is 611 g/mol. The third-order valence-electron chi connectivity index (χ3n) is 7.21. The van der Waals surface area contributed by atoms with Crippen molar-refractivity contribution >= 4 is 34.8 Å². The SMILES string of the molecule is CC(C)(C)Cc1cc(-c2onc([C@@H](CCCOCc3ccccc3)CC(=O)Nc3ccc(Cl)cc3Cl)c2C2CC2)no1. The summed E-state index contributed by atoms with van der Waals surface area (Å²) in [4.78, 5) is 13.3. The molecule has 1 saturated carbocycles. The van der Waals surface area contributed by atoms with Gasteiger partial charge in [-0.25, -0.2) is 0 Å². The Labute approximate surface area is 256 Å². The van der Waals surface area contributed by atoms with Gasteiger partial charge in [-0.2, -0.15) is 0 Å². The van der Waals surface area contributed by atoms with E-state index in [1.807, 2.05) is 36.4 Å². The van der Waals surface area contributed by atoms with Gasteiger partial charge >= 0.3 is 0 Å². The first-order chi connectivity index (χ1) is 20.2. The maximum atomic E-state index is 13.3. The van der Waals surface area contributed by atoms with Gasteiger partial charge in [0, 0.05) is 42.0 Å². The lowest BCUT2D eigenvalue weighted by molar-refractivity contribution is -0.116. The Morgan fingerprint density at radius 3 is 2.57 bits per heavy atom. The second-order valence-electron chi connectivity index (χ2n) is 12.3. The van der Waals surface area contributed by atoms with Crippen molar-refractivity contribution in [2.45, 2.75) is 77.7 Å². The quantitative estimate of drug-likeness (QED) is 0.152. The summed E-state index contributed by atoms with van der Waals surface area (Å²) in [7, 11) is 0. The average Bonchev–Trinajstić information content (AvgIpc) is 3.52. The predicted octanol–water partition coefficient (Wildman–Crippen LogP) is 9.21. The summed E-state index contributed by atoms with van der Waals surface area (Å²) in [6.45, 7) is 7.60. The van der Waals surface area contributed by atoms with E-state index in [0.717, 1.165) is 48.3 Å². The highest BCUT2D eigenvalue weighted by atomic mass is 35.5. The smallest absolute Gasteiger partial charge is 0.225 e. The van der Waals surface area contributed by atoms with Crippen LogP contribution in [0.25, 0.3) is 11.5 Å². The molecule has 2 aromatic heterocycles. The number of carbonyl (C=O) groups excluding carboxylic acids is 1. The highest BCUT2D eigenvalue weighted by Gasteiger charge is 2.37. The minimum atomic E-state index is -0.176. The second-order valence-corrected chi connectivity index (χ2v) is 13.1. The second kappa shape index (κ2) is 13.4. The van der Waals surface area contributed by atoms with Crippen molar-refractivity contribution in [1.29, 1.82) is 0 Å². The molecule has 9 heteroatoms.